The van der Waals surface area contributed by atoms with Gasteiger partial charge in [-0.2, -0.15) is 0 Å². The molecule has 0 aliphatic carbocycles. The van der Waals surface area contributed by atoms with E-state index in [1.54, 1.807) is 48.5 Å². The van der Waals surface area contributed by atoms with Crippen LogP contribution in [0.1, 0.15) is 31.9 Å². The zero-order chi connectivity index (χ0) is 32.8. The number of carbonyl (C=O) groups excluding carboxylic acids is 2. The van der Waals surface area contributed by atoms with Gasteiger partial charge in [0, 0.05) is 23.5 Å². The standard InChI is InChI=1S/C34H34Cl3N3O4S/c1-34(2,3)38-33(42)30(21-24-13-6-4-7-14-24)39(22-25-15-10-11-18-27(25)35)31(41)23-40(29-20-12-19-28(36)32(29)37)45(43,44)26-16-8-5-9-17-26/h4-20,30H,21-23H2,1-3H3,(H,38,42)/t30-/m1/s1. The lowest BCUT2D eigenvalue weighted by Gasteiger charge is -2.35. The summed E-state index contributed by atoms with van der Waals surface area (Å²) in [5.74, 6) is -1.04. The van der Waals surface area contributed by atoms with E-state index < -0.39 is 40.0 Å². The van der Waals surface area contributed by atoms with E-state index in [0.717, 1.165) is 9.87 Å². The molecule has 4 aromatic carbocycles. The van der Waals surface area contributed by atoms with Crippen molar-refractivity contribution in [3.05, 3.63) is 129 Å². The molecule has 0 saturated carbocycles. The van der Waals surface area contributed by atoms with Crippen LogP contribution in [0.5, 0.6) is 0 Å². The molecule has 0 radical (unpaired) electrons. The Morgan fingerprint density at radius 1 is 0.778 bits per heavy atom. The second-order valence-electron chi connectivity index (χ2n) is 11.5. The van der Waals surface area contributed by atoms with Gasteiger partial charge >= 0.3 is 0 Å². The van der Waals surface area contributed by atoms with Gasteiger partial charge in [-0.25, -0.2) is 8.42 Å². The van der Waals surface area contributed by atoms with Gasteiger partial charge in [0.15, 0.2) is 0 Å². The number of amides is 2. The molecule has 45 heavy (non-hydrogen) atoms. The smallest absolute Gasteiger partial charge is 0.264 e. The molecule has 7 nitrogen and oxygen atoms in total. The first-order valence-electron chi connectivity index (χ1n) is 14.2. The number of carbonyl (C=O) groups is 2. The third-order valence-corrected chi connectivity index (χ3v) is 9.83. The van der Waals surface area contributed by atoms with Crippen molar-refractivity contribution in [2.24, 2.45) is 0 Å². The van der Waals surface area contributed by atoms with E-state index in [1.807, 2.05) is 51.1 Å². The van der Waals surface area contributed by atoms with Crippen LogP contribution < -0.4 is 9.62 Å². The van der Waals surface area contributed by atoms with Crippen molar-refractivity contribution in [2.45, 2.75) is 50.2 Å². The summed E-state index contributed by atoms with van der Waals surface area (Å²) in [5, 5.41) is 3.48. The minimum Gasteiger partial charge on any atom is -0.350 e. The molecule has 1 N–H and O–H groups in total. The van der Waals surface area contributed by atoms with Crippen molar-refractivity contribution in [3.8, 4) is 0 Å². The van der Waals surface area contributed by atoms with Gasteiger partial charge in [-0.1, -0.05) is 108 Å². The Bertz CT molecular complexity index is 1750. The Balaban J connectivity index is 1.85. The van der Waals surface area contributed by atoms with Gasteiger partial charge in [-0.15, -0.1) is 0 Å². The summed E-state index contributed by atoms with van der Waals surface area (Å²) in [6.07, 6.45) is 0.169. The Hall–Kier alpha value is -3.56. The number of benzene rings is 4. The van der Waals surface area contributed by atoms with Crippen LogP contribution in [0.15, 0.2) is 108 Å². The molecule has 0 aliphatic heterocycles. The number of nitrogens with one attached hydrogen (secondary N) is 1. The number of sulfonamides is 1. The highest BCUT2D eigenvalue weighted by atomic mass is 35.5. The molecular weight excluding hydrogens is 653 g/mol. The van der Waals surface area contributed by atoms with Crippen molar-refractivity contribution in [1.82, 2.24) is 10.2 Å². The van der Waals surface area contributed by atoms with Crippen LogP contribution in [-0.4, -0.2) is 43.3 Å². The fraction of sp³-hybridized carbons (Fsp3) is 0.235. The molecule has 1 atom stereocenters. The lowest BCUT2D eigenvalue weighted by Crippen LogP contribution is -2.56. The van der Waals surface area contributed by atoms with Crippen LogP contribution in [0.25, 0.3) is 0 Å². The highest BCUT2D eigenvalue weighted by molar-refractivity contribution is 7.92. The maximum Gasteiger partial charge on any atom is 0.264 e. The first-order chi connectivity index (χ1) is 21.3. The van der Waals surface area contributed by atoms with E-state index in [-0.39, 0.29) is 33.6 Å². The van der Waals surface area contributed by atoms with Gasteiger partial charge in [0.25, 0.3) is 10.0 Å². The Labute approximate surface area is 279 Å². The van der Waals surface area contributed by atoms with E-state index in [2.05, 4.69) is 5.32 Å². The van der Waals surface area contributed by atoms with Crippen molar-refractivity contribution < 1.29 is 18.0 Å². The molecule has 0 aromatic heterocycles. The van der Waals surface area contributed by atoms with E-state index >= 15 is 0 Å². The summed E-state index contributed by atoms with van der Waals surface area (Å²) >= 11 is 19.4. The third-order valence-electron chi connectivity index (χ3n) is 6.88. The predicted molar refractivity (Wildman–Crippen MR) is 181 cm³/mol. The Kier molecular flexibility index (Phi) is 11.2. The topological polar surface area (TPSA) is 86.8 Å². The van der Waals surface area contributed by atoms with Gasteiger partial charge in [0.05, 0.1) is 20.6 Å². The molecule has 4 rings (SSSR count). The number of halogens is 3. The van der Waals surface area contributed by atoms with Crippen molar-refractivity contribution in [1.29, 1.82) is 0 Å². The number of nitrogens with zero attached hydrogens (tertiary/aromatic N) is 2. The molecule has 0 fully saturated rings. The molecule has 11 heteroatoms. The number of hydrogen-bond donors (Lipinski definition) is 1. The van der Waals surface area contributed by atoms with Crippen molar-refractivity contribution >= 4 is 62.3 Å². The molecule has 2 amide bonds. The summed E-state index contributed by atoms with van der Waals surface area (Å²) < 4.78 is 29.1. The van der Waals surface area contributed by atoms with Crippen LogP contribution in [0.4, 0.5) is 5.69 Å². The zero-order valence-electron chi connectivity index (χ0n) is 25.1. The maximum atomic E-state index is 14.5. The molecule has 0 saturated heterocycles. The normalized spacial score (nSPS) is 12.3. The fourth-order valence-corrected chi connectivity index (χ4v) is 6.83. The molecule has 0 spiro atoms. The van der Waals surface area contributed by atoms with Crippen molar-refractivity contribution in [2.75, 3.05) is 10.8 Å². The number of rotatable bonds is 11. The summed E-state index contributed by atoms with van der Waals surface area (Å²) in [6, 6.07) is 27.6. The summed E-state index contributed by atoms with van der Waals surface area (Å²) in [5.41, 5.74) is 0.822. The van der Waals surface area contributed by atoms with Crippen LogP contribution >= 0.6 is 34.8 Å². The zero-order valence-corrected chi connectivity index (χ0v) is 28.2. The minimum atomic E-state index is -4.32. The molecule has 0 bridgehead atoms. The lowest BCUT2D eigenvalue weighted by atomic mass is 10.0. The molecule has 236 valence electrons. The largest absolute Gasteiger partial charge is 0.350 e. The fourth-order valence-electron chi connectivity index (χ4n) is 4.74. The summed E-state index contributed by atoms with van der Waals surface area (Å²) in [7, 11) is -4.32. The third kappa shape index (κ3) is 8.79. The molecule has 0 unspecified atom stereocenters. The quantitative estimate of drug-likeness (QED) is 0.178. The highest BCUT2D eigenvalue weighted by Gasteiger charge is 2.36. The maximum absolute atomic E-state index is 14.5. The lowest BCUT2D eigenvalue weighted by molar-refractivity contribution is -0.140. The van der Waals surface area contributed by atoms with Gasteiger partial charge in [0.1, 0.15) is 12.6 Å². The summed E-state index contributed by atoms with van der Waals surface area (Å²) in [4.78, 5) is 29.8. The van der Waals surface area contributed by atoms with Gasteiger partial charge < -0.3 is 10.2 Å². The number of anilines is 1. The van der Waals surface area contributed by atoms with Crippen LogP contribution in [0.2, 0.25) is 15.1 Å². The summed E-state index contributed by atoms with van der Waals surface area (Å²) in [6.45, 7) is 4.81. The van der Waals surface area contributed by atoms with E-state index in [9.17, 15) is 18.0 Å². The number of hydrogen-bond acceptors (Lipinski definition) is 4. The van der Waals surface area contributed by atoms with Crippen molar-refractivity contribution in [3.63, 3.8) is 0 Å². The predicted octanol–water partition coefficient (Wildman–Crippen LogP) is 7.40. The average Bonchev–Trinajstić information content (AvgIpc) is 3.00. The first kappa shape index (κ1) is 34.3. The van der Waals surface area contributed by atoms with Gasteiger partial charge in [-0.3, -0.25) is 13.9 Å². The minimum absolute atomic E-state index is 0.0258. The highest BCUT2D eigenvalue weighted by Crippen LogP contribution is 2.35. The second kappa shape index (κ2) is 14.7. The van der Waals surface area contributed by atoms with Crippen LogP contribution in [0, 0.1) is 0 Å². The Morgan fingerprint density at radius 3 is 1.98 bits per heavy atom. The van der Waals surface area contributed by atoms with Gasteiger partial charge in [0.2, 0.25) is 11.8 Å². The van der Waals surface area contributed by atoms with E-state index in [1.165, 1.54) is 29.2 Å². The van der Waals surface area contributed by atoms with E-state index in [4.69, 9.17) is 34.8 Å². The van der Waals surface area contributed by atoms with Crippen LogP contribution in [-0.2, 0) is 32.6 Å². The Morgan fingerprint density at radius 2 is 1.36 bits per heavy atom. The van der Waals surface area contributed by atoms with E-state index in [0.29, 0.717) is 10.6 Å². The molecule has 4 aromatic rings. The SMILES string of the molecule is CC(C)(C)NC(=O)[C@@H](Cc1ccccc1)N(Cc1ccccc1Cl)C(=O)CN(c1cccc(Cl)c1Cl)S(=O)(=O)c1ccccc1. The monoisotopic (exact) mass is 685 g/mol. The van der Waals surface area contributed by atoms with Crippen LogP contribution in [0.3, 0.4) is 0 Å². The molecular formula is C34H34Cl3N3O4S. The average molecular weight is 687 g/mol. The first-order valence-corrected chi connectivity index (χ1v) is 16.8. The molecule has 0 heterocycles. The second-order valence-corrected chi connectivity index (χ2v) is 14.5. The van der Waals surface area contributed by atoms with Gasteiger partial charge in [-0.05, 0) is 62.2 Å². The molecule has 0 aliphatic rings.